The standard InChI is InChI=1S/C13H24O/c1-2-3-4-8-11-14-12-13-9-6-5-7-10-13/h5-6,13H,2-4,7-12H2,1H3. The largest absolute Gasteiger partial charge is 0.381 e. The molecule has 0 aromatic heterocycles. The summed E-state index contributed by atoms with van der Waals surface area (Å²) in [6, 6.07) is 0. The Morgan fingerprint density at radius 2 is 2.14 bits per heavy atom. The topological polar surface area (TPSA) is 9.23 Å². The molecule has 0 spiro atoms. The lowest BCUT2D eigenvalue weighted by Crippen LogP contribution is -2.11. The van der Waals surface area contributed by atoms with Crippen LogP contribution >= 0.6 is 0 Å². The van der Waals surface area contributed by atoms with Gasteiger partial charge in [0, 0.05) is 13.2 Å². The van der Waals surface area contributed by atoms with E-state index in [0.717, 1.165) is 19.1 Å². The van der Waals surface area contributed by atoms with E-state index in [4.69, 9.17) is 4.74 Å². The van der Waals surface area contributed by atoms with Crippen LogP contribution in [0.15, 0.2) is 12.2 Å². The highest BCUT2D eigenvalue weighted by Gasteiger charge is 2.08. The van der Waals surface area contributed by atoms with E-state index in [2.05, 4.69) is 19.1 Å². The first-order chi connectivity index (χ1) is 6.93. The maximum Gasteiger partial charge on any atom is 0.0497 e. The van der Waals surface area contributed by atoms with Crippen LogP contribution in [-0.2, 0) is 4.74 Å². The summed E-state index contributed by atoms with van der Waals surface area (Å²) >= 11 is 0. The smallest absolute Gasteiger partial charge is 0.0497 e. The van der Waals surface area contributed by atoms with Crippen LogP contribution in [0, 0.1) is 5.92 Å². The number of unbranched alkanes of at least 4 members (excludes halogenated alkanes) is 3. The van der Waals surface area contributed by atoms with E-state index >= 15 is 0 Å². The minimum Gasteiger partial charge on any atom is -0.381 e. The molecule has 0 amide bonds. The zero-order chi connectivity index (χ0) is 10.1. The highest BCUT2D eigenvalue weighted by atomic mass is 16.5. The van der Waals surface area contributed by atoms with Crippen LogP contribution in [0.1, 0.15) is 51.9 Å². The van der Waals surface area contributed by atoms with E-state index in [1.807, 2.05) is 0 Å². The average molecular weight is 196 g/mol. The Labute approximate surface area is 88.5 Å². The van der Waals surface area contributed by atoms with Gasteiger partial charge in [0.05, 0.1) is 0 Å². The van der Waals surface area contributed by atoms with Gasteiger partial charge in [0.1, 0.15) is 0 Å². The molecule has 0 heterocycles. The van der Waals surface area contributed by atoms with Crippen molar-refractivity contribution in [3.63, 3.8) is 0 Å². The summed E-state index contributed by atoms with van der Waals surface area (Å²) in [5, 5.41) is 0. The van der Waals surface area contributed by atoms with Gasteiger partial charge in [0.15, 0.2) is 0 Å². The Kier molecular flexibility index (Phi) is 6.77. The normalized spacial score (nSPS) is 21.4. The second-order valence-electron chi connectivity index (χ2n) is 4.29. The molecule has 0 N–H and O–H groups in total. The highest BCUT2D eigenvalue weighted by Crippen LogP contribution is 2.18. The fourth-order valence-electron chi connectivity index (χ4n) is 1.89. The van der Waals surface area contributed by atoms with Gasteiger partial charge in [-0.05, 0) is 31.6 Å². The van der Waals surface area contributed by atoms with Gasteiger partial charge in [-0.2, -0.15) is 0 Å². The summed E-state index contributed by atoms with van der Waals surface area (Å²) in [6.45, 7) is 4.20. The minimum atomic E-state index is 0.797. The van der Waals surface area contributed by atoms with E-state index in [0.29, 0.717) is 0 Å². The number of hydrogen-bond acceptors (Lipinski definition) is 1. The van der Waals surface area contributed by atoms with E-state index in [1.165, 1.54) is 44.9 Å². The van der Waals surface area contributed by atoms with Crippen LogP contribution in [0.2, 0.25) is 0 Å². The molecule has 0 aliphatic heterocycles. The van der Waals surface area contributed by atoms with Crippen molar-refractivity contribution in [1.29, 1.82) is 0 Å². The van der Waals surface area contributed by atoms with Crippen LogP contribution in [-0.4, -0.2) is 13.2 Å². The second kappa shape index (κ2) is 8.05. The summed E-state index contributed by atoms with van der Waals surface area (Å²) < 4.78 is 5.69. The Morgan fingerprint density at radius 1 is 1.21 bits per heavy atom. The molecule has 82 valence electrons. The zero-order valence-electron chi connectivity index (χ0n) is 9.50. The van der Waals surface area contributed by atoms with E-state index in [1.54, 1.807) is 0 Å². The second-order valence-corrected chi connectivity index (χ2v) is 4.29. The Bertz CT molecular complexity index is 151. The van der Waals surface area contributed by atoms with Crippen LogP contribution in [0.25, 0.3) is 0 Å². The summed E-state index contributed by atoms with van der Waals surface area (Å²) in [5.41, 5.74) is 0. The fraction of sp³-hybridized carbons (Fsp3) is 0.846. The number of rotatable bonds is 7. The molecule has 0 bridgehead atoms. The molecule has 1 nitrogen and oxygen atoms in total. The molecule has 0 aromatic rings. The van der Waals surface area contributed by atoms with Gasteiger partial charge in [-0.25, -0.2) is 0 Å². The van der Waals surface area contributed by atoms with Crippen molar-refractivity contribution in [3.05, 3.63) is 12.2 Å². The van der Waals surface area contributed by atoms with Crippen molar-refractivity contribution in [2.75, 3.05) is 13.2 Å². The van der Waals surface area contributed by atoms with Crippen LogP contribution in [0.5, 0.6) is 0 Å². The van der Waals surface area contributed by atoms with Gasteiger partial charge in [-0.1, -0.05) is 38.3 Å². The number of allylic oxidation sites excluding steroid dienone is 2. The Hall–Kier alpha value is -0.300. The summed E-state index contributed by atoms with van der Waals surface area (Å²) in [5.74, 6) is 0.797. The van der Waals surface area contributed by atoms with Crippen molar-refractivity contribution >= 4 is 0 Å². The van der Waals surface area contributed by atoms with Gasteiger partial charge in [-0.15, -0.1) is 0 Å². The van der Waals surface area contributed by atoms with E-state index in [9.17, 15) is 0 Å². The first kappa shape index (κ1) is 11.8. The van der Waals surface area contributed by atoms with Gasteiger partial charge < -0.3 is 4.74 Å². The quantitative estimate of drug-likeness (QED) is 0.442. The predicted octanol–water partition coefficient (Wildman–Crippen LogP) is 3.94. The lowest BCUT2D eigenvalue weighted by Gasteiger charge is -2.17. The molecule has 0 aromatic carbocycles. The molecule has 1 rings (SSSR count). The van der Waals surface area contributed by atoms with Crippen molar-refractivity contribution < 1.29 is 4.74 Å². The van der Waals surface area contributed by atoms with Gasteiger partial charge in [0.2, 0.25) is 0 Å². The monoisotopic (exact) mass is 196 g/mol. The van der Waals surface area contributed by atoms with Crippen molar-refractivity contribution in [3.8, 4) is 0 Å². The summed E-state index contributed by atoms with van der Waals surface area (Å²) in [4.78, 5) is 0. The summed E-state index contributed by atoms with van der Waals surface area (Å²) in [7, 11) is 0. The van der Waals surface area contributed by atoms with Gasteiger partial charge >= 0.3 is 0 Å². The zero-order valence-corrected chi connectivity index (χ0v) is 9.50. The predicted molar refractivity (Wildman–Crippen MR) is 61.4 cm³/mol. The van der Waals surface area contributed by atoms with Gasteiger partial charge in [0.25, 0.3) is 0 Å². The Balaban J connectivity index is 1.86. The Morgan fingerprint density at radius 3 is 2.86 bits per heavy atom. The lowest BCUT2D eigenvalue weighted by molar-refractivity contribution is 0.0929. The molecule has 0 saturated heterocycles. The molecular weight excluding hydrogens is 172 g/mol. The van der Waals surface area contributed by atoms with E-state index in [-0.39, 0.29) is 0 Å². The molecule has 1 aliphatic carbocycles. The van der Waals surface area contributed by atoms with Crippen molar-refractivity contribution in [1.82, 2.24) is 0 Å². The first-order valence-corrected chi connectivity index (χ1v) is 6.16. The molecule has 1 unspecified atom stereocenters. The summed E-state index contributed by atoms with van der Waals surface area (Å²) in [6.07, 6.45) is 13.6. The highest BCUT2D eigenvalue weighted by molar-refractivity contribution is 4.89. The molecule has 1 aliphatic rings. The van der Waals surface area contributed by atoms with E-state index < -0.39 is 0 Å². The molecule has 14 heavy (non-hydrogen) atoms. The van der Waals surface area contributed by atoms with Crippen LogP contribution in [0.3, 0.4) is 0 Å². The fourth-order valence-corrected chi connectivity index (χ4v) is 1.89. The molecule has 1 atom stereocenters. The SMILES string of the molecule is CCCCCCOCC1CC=CCC1. The third-order valence-electron chi connectivity index (χ3n) is 2.87. The first-order valence-electron chi connectivity index (χ1n) is 6.16. The van der Waals surface area contributed by atoms with Crippen LogP contribution < -0.4 is 0 Å². The third-order valence-corrected chi connectivity index (χ3v) is 2.87. The molecular formula is C13H24O. The average Bonchev–Trinajstić information content (AvgIpc) is 2.25. The third kappa shape index (κ3) is 5.43. The molecule has 0 radical (unpaired) electrons. The number of hydrogen-bond donors (Lipinski definition) is 0. The molecule has 1 heteroatoms. The maximum atomic E-state index is 5.69. The molecule has 0 saturated carbocycles. The van der Waals surface area contributed by atoms with Crippen molar-refractivity contribution in [2.45, 2.75) is 51.9 Å². The molecule has 0 fully saturated rings. The van der Waals surface area contributed by atoms with Gasteiger partial charge in [-0.3, -0.25) is 0 Å². The lowest BCUT2D eigenvalue weighted by atomic mass is 9.95. The minimum absolute atomic E-state index is 0.797. The van der Waals surface area contributed by atoms with Crippen molar-refractivity contribution in [2.24, 2.45) is 5.92 Å². The maximum absolute atomic E-state index is 5.69. The van der Waals surface area contributed by atoms with Crippen LogP contribution in [0.4, 0.5) is 0 Å². The number of ether oxygens (including phenoxy) is 1.